The van der Waals surface area contributed by atoms with Gasteiger partial charge in [0.15, 0.2) is 11.5 Å². The maximum atomic E-state index is 12.4. The first-order valence-corrected chi connectivity index (χ1v) is 8.13. The van der Waals surface area contributed by atoms with E-state index in [1.165, 1.54) is 19.3 Å². The molecule has 0 fully saturated rings. The molecule has 0 bridgehead atoms. The average molecular weight is 391 g/mol. The lowest BCUT2D eigenvalue weighted by atomic mass is 10.1. The summed E-state index contributed by atoms with van der Waals surface area (Å²) < 4.78 is 15.9. The Labute approximate surface area is 159 Å². The van der Waals surface area contributed by atoms with Crippen molar-refractivity contribution in [3.05, 3.63) is 51.5 Å². The zero-order valence-electron chi connectivity index (χ0n) is 13.5. The smallest absolute Gasteiger partial charge is 0.266 e. The second kappa shape index (κ2) is 7.56. The summed E-state index contributed by atoms with van der Waals surface area (Å²) >= 11 is 11.8. The third kappa shape index (κ3) is 3.69. The number of anilines is 1. The number of hydrogen-bond acceptors (Lipinski definition) is 5. The number of fused-ring (bicyclic) bond motifs is 1. The number of nitrogens with zero attached hydrogens (tertiary/aromatic N) is 1. The Kier molecular flexibility index (Phi) is 5.21. The third-order valence-electron chi connectivity index (χ3n) is 3.57. The molecular formula is C18H12Cl2N2O4. The van der Waals surface area contributed by atoms with Gasteiger partial charge in [-0.15, -0.1) is 0 Å². The molecular weight excluding hydrogens is 379 g/mol. The molecule has 0 atom stereocenters. The molecule has 0 radical (unpaired) electrons. The molecule has 0 aliphatic carbocycles. The molecule has 0 spiro atoms. The monoisotopic (exact) mass is 390 g/mol. The Morgan fingerprint density at radius 2 is 1.96 bits per heavy atom. The highest BCUT2D eigenvalue weighted by atomic mass is 35.5. The summed E-state index contributed by atoms with van der Waals surface area (Å²) in [5.74, 6) is 0.909. The predicted octanol–water partition coefficient (Wildman–Crippen LogP) is 4.28. The Balaban J connectivity index is 1.89. The normalized spacial score (nSPS) is 12.5. The number of nitriles is 1. The van der Waals surface area contributed by atoms with Gasteiger partial charge in [0, 0.05) is 17.3 Å². The number of benzene rings is 2. The average Bonchev–Trinajstić information content (AvgIpc) is 3.09. The predicted molar refractivity (Wildman–Crippen MR) is 97.8 cm³/mol. The molecule has 132 valence electrons. The van der Waals surface area contributed by atoms with Gasteiger partial charge in [-0.05, 0) is 30.3 Å². The highest BCUT2D eigenvalue weighted by molar-refractivity contribution is 6.42. The minimum absolute atomic E-state index is 0.106. The van der Waals surface area contributed by atoms with E-state index in [-0.39, 0.29) is 12.4 Å². The van der Waals surface area contributed by atoms with Crippen LogP contribution in [0.4, 0.5) is 5.69 Å². The minimum Gasteiger partial charge on any atom is -0.496 e. The molecule has 6 nitrogen and oxygen atoms in total. The molecule has 2 aromatic rings. The molecule has 0 saturated carbocycles. The molecule has 1 heterocycles. The van der Waals surface area contributed by atoms with E-state index in [1.54, 1.807) is 24.3 Å². The second-order valence-corrected chi connectivity index (χ2v) is 6.01. The van der Waals surface area contributed by atoms with Crippen molar-refractivity contribution in [1.82, 2.24) is 0 Å². The van der Waals surface area contributed by atoms with Crippen molar-refractivity contribution < 1.29 is 19.0 Å². The van der Waals surface area contributed by atoms with E-state index in [2.05, 4.69) is 5.32 Å². The SMILES string of the molecule is COc1cc2c(cc1/C=C(\C#N)C(=O)Nc1ccc(Cl)c(Cl)c1)OCO2. The first-order chi connectivity index (χ1) is 12.5. The summed E-state index contributed by atoms with van der Waals surface area (Å²) in [6, 6.07) is 9.80. The number of ether oxygens (including phenoxy) is 3. The largest absolute Gasteiger partial charge is 0.496 e. The molecule has 1 amide bonds. The fourth-order valence-corrected chi connectivity index (χ4v) is 2.60. The van der Waals surface area contributed by atoms with E-state index in [0.717, 1.165) is 0 Å². The van der Waals surface area contributed by atoms with Crippen LogP contribution in [0, 0.1) is 11.3 Å². The zero-order chi connectivity index (χ0) is 18.7. The molecule has 0 aromatic heterocycles. The van der Waals surface area contributed by atoms with Crippen molar-refractivity contribution in [2.24, 2.45) is 0 Å². The lowest BCUT2D eigenvalue weighted by molar-refractivity contribution is -0.112. The molecule has 1 aliphatic rings. The van der Waals surface area contributed by atoms with Crippen LogP contribution in [0.2, 0.25) is 10.0 Å². The molecule has 1 aliphatic heterocycles. The molecule has 2 aromatic carbocycles. The summed E-state index contributed by atoms with van der Waals surface area (Å²) in [6.45, 7) is 0.106. The quantitative estimate of drug-likeness (QED) is 0.622. The Morgan fingerprint density at radius 1 is 1.23 bits per heavy atom. The number of hydrogen-bond donors (Lipinski definition) is 1. The highest BCUT2D eigenvalue weighted by Crippen LogP contribution is 2.39. The Morgan fingerprint density at radius 3 is 2.62 bits per heavy atom. The molecule has 0 saturated heterocycles. The maximum Gasteiger partial charge on any atom is 0.266 e. The molecule has 26 heavy (non-hydrogen) atoms. The summed E-state index contributed by atoms with van der Waals surface area (Å²) in [5.41, 5.74) is 0.814. The van der Waals surface area contributed by atoms with Crippen LogP contribution in [0.3, 0.4) is 0 Å². The molecule has 0 unspecified atom stereocenters. The standard InChI is InChI=1S/C18H12Cl2N2O4/c1-24-15-7-17-16(25-9-26-17)5-10(15)4-11(8-21)18(23)22-12-2-3-13(19)14(20)6-12/h2-7H,9H2,1H3,(H,22,23)/b11-4+. The van der Waals surface area contributed by atoms with Crippen LogP contribution in [0.5, 0.6) is 17.2 Å². The van der Waals surface area contributed by atoms with Gasteiger partial charge in [-0.2, -0.15) is 5.26 Å². The van der Waals surface area contributed by atoms with Gasteiger partial charge >= 0.3 is 0 Å². The van der Waals surface area contributed by atoms with Gasteiger partial charge in [0.1, 0.15) is 17.4 Å². The van der Waals surface area contributed by atoms with Crippen LogP contribution in [-0.2, 0) is 4.79 Å². The zero-order valence-corrected chi connectivity index (χ0v) is 15.0. The molecule has 3 rings (SSSR count). The second-order valence-electron chi connectivity index (χ2n) is 5.20. The summed E-state index contributed by atoms with van der Waals surface area (Å²) in [6.07, 6.45) is 1.41. The van der Waals surface area contributed by atoms with Gasteiger partial charge < -0.3 is 19.5 Å². The van der Waals surface area contributed by atoms with Gasteiger partial charge in [0.2, 0.25) is 6.79 Å². The van der Waals surface area contributed by atoms with Crippen LogP contribution < -0.4 is 19.5 Å². The Hall–Kier alpha value is -2.88. The maximum absolute atomic E-state index is 12.4. The van der Waals surface area contributed by atoms with Gasteiger partial charge in [0.25, 0.3) is 5.91 Å². The lowest BCUT2D eigenvalue weighted by Gasteiger charge is -2.08. The van der Waals surface area contributed by atoms with E-state index >= 15 is 0 Å². The van der Waals surface area contributed by atoms with Crippen LogP contribution >= 0.6 is 23.2 Å². The summed E-state index contributed by atoms with van der Waals surface area (Å²) in [7, 11) is 1.48. The first-order valence-electron chi connectivity index (χ1n) is 7.37. The number of halogens is 2. The van der Waals surface area contributed by atoms with Gasteiger partial charge in [-0.25, -0.2) is 0 Å². The van der Waals surface area contributed by atoms with E-state index in [4.69, 9.17) is 37.4 Å². The van der Waals surface area contributed by atoms with Crippen LogP contribution in [0.1, 0.15) is 5.56 Å². The lowest BCUT2D eigenvalue weighted by Crippen LogP contribution is -2.13. The van der Waals surface area contributed by atoms with E-state index < -0.39 is 5.91 Å². The molecule has 1 N–H and O–H groups in total. The number of methoxy groups -OCH3 is 1. The molecule has 8 heteroatoms. The summed E-state index contributed by atoms with van der Waals surface area (Å²) in [4.78, 5) is 12.4. The summed E-state index contributed by atoms with van der Waals surface area (Å²) in [5, 5.41) is 12.6. The number of rotatable bonds is 4. The van der Waals surface area contributed by atoms with Crippen molar-refractivity contribution >= 4 is 40.9 Å². The Bertz CT molecular complexity index is 951. The van der Waals surface area contributed by atoms with Crippen LogP contribution in [0.15, 0.2) is 35.9 Å². The van der Waals surface area contributed by atoms with Crippen molar-refractivity contribution in [2.45, 2.75) is 0 Å². The number of carbonyl (C=O) groups excluding carboxylic acids is 1. The van der Waals surface area contributed by atoms with Crippen molar-refractivity contribution in [3.8, 4) is 23.3 Å². The number of carbonyl (C=O) groups is 1. The van der Waals surface area contributed by atoms with E-state index in [0.29, 0.717) is 38.5 Å². The number of nitrogens with one attached hydrogen (secondary N) is 1. The van der Waals surface area contributed by atoms with Gasteiger partial charge in [-0.3, -0.25) is 4.79 Å². The van der Waals surface area contributed by atoms with Crippen LogP contribution in [-0.4, -0.2) is 19.8 Å². The van der Waals surface area contributed by atoms with Crippen molar-refractivity contribution in [3.63, 3.8) is 0 Å². The van der Waals surface area contributed by atoms with E-state index in [1.807, 2.05) is 6.07 Å². The van der Waals surface area contributed by atoms with Crippen molar-refractivity contribution in [1.29, 1.82) is 5.26 Å². The third-order valence-corrected chi connectivity index (χ3v) is 4.31. The van der Waals surface area contributed by atoms with Crippen molar-refractivity contribution in [2.75, 3.05) is 19.2 Å². The highest BCUT2D eigenvalue weighted by Gasteiger charge is 2.18. The number of amides is 1. The topological polar surface area (TPSA) is 80.6 Å². The van der Waals surface area contributed by atoms with E-state index in [9.17, 15) is 10.1 Å². The van der Waals surface area contributed by atoms with Crippen LogP contribution in [0.25, 0.3) is 6.08 Å². The van der Waals surface area contributed by atoms with Gasteiger partial charge in [-0.1, -0.05) is 23.2 Å². The first kappa shape index (κ1) is 17.9. The fourth-order valence-electron chi connectivity index (χ4n) is 2.31. The minimum atomic E-state index is -0.592. The fraction of sp³-hybridized carbons (Fsp3) is 0.111. The van der Waals surface area contributed by atoms with Gasteiger partial charge in [0.05, 0.1) is 17.2 Å².